The van der Waals surface area contributed by atoms with Gasteiger partial charge in [-0.25, -0.2) is 9.78 Å². The number of hydrazone groups is 1. The molecule has 3 aromatic rings. The summed E-state index contributed by atoms with van der Waals surface area (Å²) in [5, 5.41) is 19.0. The molecule has 0 saturated heterocycles. The zero-order valence-electron chi connectivity index (χ0n) is 12.7. The second-order valence-electron chi connectivity index (χ2n) is 4.85. The number of aromatic nitrogens is 1. The minimum absolute atomic E-state index is 0.0196. The molecule has 0 amide bonds. The molecule has 0 radical (unpaired) electrons. The van der Waals surface area contributed by atoms with E-state index in [1.807, 2.05) is 16.8 Å². The van der Waals surface area contributed by atoms with Gasteiger partial charge in [0.15, 0.2) is 0 Å². The van der Waals surface area contributed by atoms with E-state index < -0.39 is 5.63 Å². The Morgan fingerprint density at radius 3 is 2.92 bits per heavy atom. The molecule has 3 heterocycles. The van der Waals surface area contributed by atoms with E-state index in [4.69, 9.17) is 16.0 Å². The molecule has 0 aromatic carbocycles. The highest BCUT2D eigenvalue weighted by molar-refractivity contribution is 7.16. The average molecular weight is 382 g/mol. The highest BCUT2D eigenvalue weighted by atomic mass is 35.5. The first-order valence-corrected chi connectivity index (χ1v) is 8.92. The predicted octanol–water partition coefficient (Wildman–Crippen LogP) is 4.33. The van der Waals surface area contributed by atoms with Crippen LogP contribution in [0.25, 0.3) is 10.6 Å². The van der Waals surface area contributed by atoms with Crippen LogP contribution in [0, 0.1) is 6.92 Å². The first-order chi connectivity index (χ1) is 11.5. The number of hydrogen-bond acceptors (Lipinski definition) is 8. The van der Waals surface area contributed by atoms with Crippen molar-refractivity contribution in [2.75, 3.05) is 5.43 Å². The molecule has 0 saturated carbocycles. The van der Waals surface area contributed by atoms with Gasteiger partial charge in [-0.15, -0.1) is 22.7 Å². The third-order valence-electron chi connectivity index (χ3n) is 3.09. The Hall–Kier alpha value is -2.16. The molecule has 124 valence electrons. The Morgan fingerprint density at radius 1 is 1.46 bits per heavy atom. The Labute approximate surface area is 150 Å². The van der Waals surface area contributed by atoms with Crippen molar-refractivity contribution in [3.05, 3.63) is 49.7 Å². The largest absolute Gasteiger partial charge is 0.507 e. The van der Waals surface area contributed by atoms with E-state index >= 15 is 0 Å². The van der Waals surface area contributed by atoms with Gasteiger partial charge in [0.05, 0.1) is 21.3 Å². The molecule has 0 bridgehead atoms. The maximum absolute atomic E-state index is 11.8. The number of thiophene rings is 1. The molecule has 0 unspecified atom stereocenters. The molecule has 9 heteroatoms. The molecule has 0 aliphatic heterocycles. The fourth-order valence-electron chi connectivity index (χ4n) is 2.02. The third kappa shape index (κ3) is 3.35. The molecular formula is C15H12ClN3O3S2. The van der Waals surface area contributed by atoms with Crippen molar-refractivity contribution < 1.29 is 9.52 Å². The lowest BCUT2D eigenvalue weighted by Gasteiger charge is -2.03. The molecular weight excluding hydrogens is 370 g/mol. The summed E-state index contributed by atoms with van der Waals surface area (Å²) in [6.45, 7) is 3.18. The summed E-state index contributed by atoms with van der Waals surface area (Å²) in [6.07, 6.45) is 0. The molecule has 0 aliphatic carbocycles. The van der Waals surface area contributed by atoms with Crippen LogP contribution in [0.2, 0.25) is 5.02 Å². The van der Waals surface area contributed by atoms with Gasteiger partial charge in [-0.05, 0) is 25.3 Å². The van der Waals surface area contributed by atoms with Crippen LogP contribution in [0.3, 0.4) is 0 Å². The van der Waals surface area contributed by atoms with Gasteiger partial charge in [0.1, 0.15) is 17.1 Å². The zero-order valence-corrected chi connectivity index (χ0v) is 15.1. The monoisotopic (exact) mass is 381 g/mol. The minimum Gasteiger partial charge on any atom is -0.507 e. The lowest BCUT2D eigenvalue weighted by Crippen LogP contribution is -2.14. The van der Waals surface area contributed by atoms with Crippen molar-refractivity contribution in [2.45, 2.75) is 13.8 Å². The van der Waals surface area contributed by atoms with E-state index in [2.05, 4.69) is 15.5 Å². The van der Waals surface area contributed by atoms with Crippen LogP contribution in [-0.4, -0.2) is 15.8 Å². The number of halogens is 1. The average Bonchev–Trinajstić information content (AvgIpc) is 3.12. The maximum Gasteiger partial charge on any atom is 0.348 e. The number of aromatic hydroxyl groups is 1. The molecule has 0 spiro atoms. The van der Waals surface area contributed by atoms with Gasteiger partial charge in [-0.3, -0.25) is 5.43 Å². The number of nitrogens with one attached hydrogen (secondary N) is 1. The molecule has 6 nitrogen and oxygen atoms in total. The summed E-state index contributed by atoms with van der Waals surface area (Å²) in [5.41, 5.74) is 3.22. The van der Waals surface area contributed by atoms with Crippen molar-refractivity contribution >= 4 is 45.1 Å². The predicted molar refractivity (Wildman–Crippen MR) is 97.7 cm³/mol. The summed E-state index contributed by atoms with van der Waals surface area (Å²) in [7, 11) is 0. The Balaban J connectivity index is 1.83. The third-order valence-corrected chi connectivity index (χ3v) is 5.20. The number of rotatable bonds is 4. The lowest BCUT2D eigenvalue weighted by molar-refractivity contribution is 0.432. The van der Waals surface area contributed by atoms with E-state index in [0.29, 0.717) is 21.6 Å². The quantitative estimate of drug-likeness (QED) is 0.518. The summed E-state index contributed by atoms with van der Waals surface area (Å²) in [6, 6.07) is 3.19. The first kappa shape index (κ1) is 16.7. The van der Waals surface area contributed by atoms with E-state index in [1.165, 1.54) is 28.7 Å². The molecule has 0 fully saturated rings. The van der Waals surface area contributed by atoms with E-state index in [9.17, 15) is 9.90 Å². The SMILES string of the molecule is C/C(=N\Nc1nc(-c2sccc2Cl)cs1)c1c(O)cc(C)oc1=O. The van der Waals surface area contributed by atoms with Crippen LogP contribution in [0.15, 0.2) is 37.2 Å². The van der Waals surface area contributed by atoms with Crippen LogP contribution in [0.4, 0.5) is 5.13 Å². The first-order valence-electron chi connectivity index (χ1n) is 6.79. The van der Waals surface area contributed by atoms with Crippen molar-refractivity contribution in [1.29, 1.82) is 0 Å². The molecule has 0 aliphatic rings. The maximum atomic E-state index is 11.8. The standard InChI is InChI=1S/C15H12ClN3O3S2/c1-7-5-11(20)12(14(21)22-7)8(2)18-19-15-17-10(6-24-15)13-9(16)3-4-23-13/h3-6,20H,1-2H3,(H,17,19)/b18-8+. The molecule has 24 heavy (non-hydrogen) atoms. The second kappa shape index (κ2) is 6.76. The molecule has 0 atom stereocenters. The Kier molecular flexibility index (Phi) is 4.70. The Morgan fingerprint density at radius 2 is 2.25 bits per heavy atom. The van der Waals surface area contributed by atoms with Crippen molar-refractivity contribution in [2.24, 2.45) is 5.10 Å². The second-order valence-corrected chi connectivity index (χ2v) is 7.03. The summed E-state index contributed by atoms with van der Waals surface area (Å²) in [4.78, 5) is 17.1. The van der Waals surface area contributed by atoms with Gasteiger partial charge in [0, 0.05) is 11.4 Å². The van der Waals surface area contributed by atoms with Crippen molar-refractivity contribution in [3.63, 3.8) is 0 Å². The van der Waals surface area contributed by atoms with Crippen LogP contribution >= 0.6 is 34.3 Å². The smallest absolute Gasteiger partial charge is 0.348 e. The van der Waals surface area contributed by atoms with Gasteiger partial charge in [0.25, 0.3) is 0 Å². The highest BCUT2D eigenvalue weighted by Crippen LogP contribution is 2.34. The normalized spacial score (nSPS) is 11.7. The van der Waals surface area contributed by atoms with Crippen molar-refractivity contribution in [3.8, 4) is 16.3 Å². The van der Waals surface area contributed by atoms with E-state index in [-0.39, 0.29) is 11.3 Å². The van der Waals surface area contributed by atoms with Crippen LogP contribution < -0.4 is 11.1 Å². The van der Waals surface area contributed by atoms with E-state index in [0.717, 1.165) is 10.6 Å². The van der Waals surface area contributed by atoms with Gasteiger partial charge in [-0.1, -0.05) is 11.6 Å². The highest BCUT2D eigenvalue weighted by Gasteiger charge is 2.14. The van der Waals surface area contributed by atoms with Gasteiger partial charge < -0.3 is 9.52 Å². The van der Waals surface area contributed by atoms with Crippen molar-refractivity contribution in [1.82, 2.24) is 4.98 Å². The summed E-state index contributed by atoms with van der Waals surface area (Å²) < 4.78 is 4.98. The molecule has 3 aromatic heterocycles. The Bertz CT molecular complexity index is 975. The van der Waals surface area contributed by atoms with Gasteiger partial charge in [0.2, 0.25) is 5.13 Å². The number of nitrogens with zero attached hydrogens (tertiary/aromatic N) is 2. The topological polar surface area (TPSA) is 87.7 Å². The minimum atomic E-state index is -0.638. The van der Waals surface area contributed by atoms with Gasteiger partial charge in [-0.2, -0.15) is 5.10 Å². The number of anilines is 1. The van der Waals surface area contributed by atoms with Crippen LogP contribution in [0.5, 0.6) is 5.75 Å². The summed E-state index contributed by atoms with van der Waals surface area (Å²) in [5.74, 6) is 0.163. The lowest BCUT2D eigenvalue weighted by atomic mass is 10.2. The van der Waals surface area contributed by atoms with Crippen LogP contribution in [0.1, 0.15) is 18.2 Å². The van der Waals surface area contributed by atoms with E-state index in [1.54, 1.807) is 13.8 Å². The number of aryl methyl sites for hydroxylation is 1. The molecule has 3 rings (SSSR count). The van der Waals surface area contributed by atoms with Gasteiger partial charge >= 0.3 is 5.63 Å². The fourth-order valence-corrected chi connectivity index (χ4v) is 3.85. The fraction of sp³-hybridized carbons (Fsp3) is 0.133. The van der Waals surface area contributed by atoms with Crippen LogP contribution in [-0.2, 0) is 0 Å². The summed E-state index contributed by atoms with van der Waals surface area (Å²) >= 11 is 8.96. The molecule has 2 N–H and O–H groups in total. The number of thiazole rings is 1. The number of hydrogen-bond donors (Lipinski definition) is 2. The zero-order chi connectivity index (χ0) is 17.3.